The van der Waals surface area contributed by atoms with Crippen molar-refractivity contribution in [2.75, 3.05) is 0 Å². The second kappa shape index (κ2) is 7.99. The van der Waals surface area contributed by atoms with Crippen LogP contribution in [0.5, 0.6) is 5.88 Å². The first-order chi connectivity index (χ1) is 14.8. The van der Waals surface area contributed by atoms with Crippen LogP contribution in [0.2, 0.25) is 5.02 Å². The van der Waals surface area contributed by atoms with E-state index in [1.54, 1.807) is 24.5 Å². The predicted molar refractivity (Wildman–Crippen MR) is 120 cm³/mol. The smallest absolute Gasteiger partial charge is 0.271 e. The quantitative estimate of drug-likeness (QED) is 0.460. The second-order valence-corrected chi connectivity index (χ2v) is 8.57. The molecule has 4 aromatic rings. The number of thiophene rings is 1. The predicted octanol–water partition coefficient (Wildman–Crippen LogP) is 4.58. The molecule has 154 valence electrons. The Bertz CT molecular complexity index is 1450. The zero-order valence-electron chi connectivity index (χ0n) is 16.6. The van der Waals surface area contributed by atoms with E-state index in [9.17, 15) is 20.0 Å². The highest BCUT2D eigenvalue weighted by Crippen LogP contribution is 2.38. The lowest BCUT2D eigenvalue weighted by Crippen LogP contribution is -2.27. The Morgan fingerprint density at radius 3 is 2.77 bits per heavy atom. The number of pyridine rings is 2. The summed E-state index contributed by atoms with van der Waals surface area (Å²) in [6, 6.07) is 11.0. The number of hydrogen-bond acceptors (Lipinski definition) is 6. The van der Waals surface area contributed by atoms with E-state index in [0.29, 0.717) is 5.56 Å². The number of carbonyl (C=O) groups is 1. The Hall–Kier alpha value is -3.47. The molecule has 0 saturated carbocycles. The number of aromatic nitrogens is 2. The molecule has 1 aromatic carbocycles. The van der Waals surface area contributed by atoms with E-state index in [1.807, 2.05) is 31.2 Å². The Morgan fingerprint density at radius 2 is 2.10 bits per heavy atom. The van der Waals surface area contributed by atoms with Crippen LogP contribution >= 0.6 is 22.9 Å². The van der Waals surface area contributed by atoms with Crippen LogP contribution in [0.3, 0.4) is 0 Å². The lowest BCUT2D eigenvalue weighted by atomic mass is 10.0. The van der Waals surface area contributed by atoms with Gasteiger partial charge in [-0.2, -0.15) is 5.26 Å². The summed E-state index contributed by atoms with van der Waals surface area (Å²) in [6.45, 7) is 3.39. The molecule has 0 radical (unpaired) electrons. The normalized spacial score (nSPS) is 10.9. The molecule has 6 nitrogen and oxygen atoms in total. The number of carbonyl (C=O) groups excluding carboxylic acids is 1. The molecular weight excluding hydrogens is 434 g/mol. The molecule has 1 N–H and O–H groups in total. The van der Waals surface area contributed by atoms with Gasteiger partial charge in [-0.1, -0.05) is 29.8 Å². The van der Waals surface area contributed by atoms with Crippen molar-refractivity contribution in [2.24, 2.45) is 0 Å². The molecule has 0 bridgehead atoms. The minimum Gasteiger partial charge on any atom is -0.494 e. The van der Waals surface area contributed by atoms with Crippen LogP contribution in [0, 0.1) is 25.2 Å². The maximum absolute atomic E-state index is 13.5. The number of nitrogens with zero attached hydrogens (tertiary/aromatic N) is 3. The Labute approximate surface area is 186 Å². The van der Waals surface area contributed by atoms with Crippen molar-refractivity contribution in [3.63, 3.8) is 0 Å². The van der Waals surface area contributed by atoms with Crippen LogP contribution in [0.25, 0.3) is 10.1 Å². The van der Waals surface area contributed by atoms with Crippen molar-refractivity contribution < 1.29 is 9.90 Å². The minimum atomic E-state index is -0.670. The molecular formula is C23H16ClN3O3S. The SMILES string of the molecule is Cc1ccc2c(Cl)c(C(=O)c3c(C)c(C#N)c(=O)n(Cc4cccnc4)c3O)sc2c1. The Morgan fingerprint density at radius 1 is 1.32 bits per heavy atom. The summed E-state index contributed by atoms with van der Waals surface area (Å²) in [5, 5.41) is 21.5. The van der Waals surface area contributed by atoms with Gasteiger partial charge in [-0.05, 0) is 42.7 Å². The maximum Gasteiger partial charge on any atom is 0.271 e. The Balaban J connectivity index is 1.93. The number of ketones is 1. The van der Waals surface area contributed by atoms with Gasteiger partial charge in [0.25, 0.3) is 5.56 Å². The number of rotatable bonds is 4. The third-order valence-corrected chi connectivity index (χ3v) is 6.74. The highest BCUT2D eigenvalue weighted by Gasteiger charge is 2.28. The van der Waals surface area contributed by atoms with Crippen molar-refractivity contribution in [2.45, 2.75) is 20.4 Å². The van der Waals surface area contributed by atoms with E-state index in [-0.39, 0.29) is 33.1 Å². The first-order valence-electron chi connectivity index (χ1n) is 9.32. The number of fused-ring (bicyclic) bond motifs is 1. The van der Waals surface area contributed by atoms with Gasteiger partial charge in [-0.15, -0.1) is 11.3 Å². The zero-order chi connectivity index (χ0) is 22.3. The van der Waals surface area contributed by atoms with Gasteiger partial charge in [0, 0.05) is 22.5 Å². The van der Waals surface area contributed by atoms with Crippen molar-refractivity contribution >= 4 is 38.8 Å². The molecule has 0 aliphatic carbocycles. The van der Waals surface area contributed by atoms with Gasteiger partial charge < -0.3 is 5.11 Å². The fourth-order valence-electron chi connectivity index (χ4n) is 3.48. The lowest BCUT2D eigenvalue weighted by molar-refractivity contribution is 0.103. The first-order valence-corrected chi connectivity index (χ1v) is 10.5. The molecule has 0 atom stereocenters. The minimum absolute atomic E-state index is 0.0346. The van der Waals surface area contributed by atoms with E-state index in [2.05, 4.69) is 4.98 Å². The fourth-order valence-corrected chi connectivity index (χ4v) is 5.04. The van der Waals surface area contributed by atoms with E-state index in [4.69, 9.17) is 11.6 Å². The van der Waals surface area contributed by atoms with E-state index < -0.39 is 17.2 Å². The van der Waals surface area contributed by atoms with Gasteiger partial charge in [0.2, 0.25) is 11.7 Å². The van der Waals surface area contributed by atoms with Crippen LogP contribution in [-0.4, -0.2) is 20.4 Å². The van der Waals surface area contributed by atoms with Gasteiger partial charge >= 0.3 is 0 Å². The molecule has 0 spiro atoms. The molecule has 3 aromatic heterocycles. The van der Waals surface area contributed by atoms with Gasteiger partial charge in [-0.3, -0.25) is 19.1 Å². The molecule has 31 heavy (non-hydrogen) atoms. The number of nitriles is 1. The summed E-state index contributed by atoms with van der Waals surface area (Å²) in [7, 11) is 0. The topological polar surface area (TPSA) is 96.0 Å². The highest BCUT2D eigenvalue weighted by atomic mass is 35.5. The van der Waals surface area contributed by atoms with Crippen molar-refractivity contribution in [1.29, 1.82) is 5.26 Å². The Kier molecular flexibility index (Phi) is 5.36. The number of aromatic hydroxyl groups is 1. The van der Waals surface area contributed by atoms with Crippen LogP contribution in [0.4, 0.5) is 0 Å². The first kappa shape index (κ1) is 20.8. The van der Waals surface area contributed by atoms with E-state index >= 15 is 0 Å². The largest absolute Gasteiger partial charge is 0.494 e. The van der Waals surface area contributed by atoms with Crippen LogP contribution in [-0.2, 0) is 6.54 Å². The van der Waals surface area contributed by atoms with Crippen LogP contribution in [0.15, 0.2) is 47.5 Å². The number of halogens is 1. The van der Waals surface area contributed by atoms with Gasteiger partial charge in [0.15, 0.2) is 0 Å². The van der Waals surface area contributed by atoms with Gasteiger partial charge in [0.05, 0.1) is 22.0 Å². The van der Waals surface area contributed by atoms with E-state index in [1.165, 1.54) is 18.3 Å². The standard InChI is InChI=1S/C23H16ClN3O3S/c1-12-5-6-15-17(8-12)31-21(19(15)24)20(28)18-13(2)16(9-25)22(29)27(23(18)30)11-14-4-3-7-26-10-14/h3-8,10,30H,11H2,1-2H3. The molecule has 8 heteroatoms. The summed E-state index contributed by atoms with van der Waals surface area (Å²) >= 11 is 7.71. The van der Waals surface area contributed by atoms with Crippen LogP contribution in [0.1, 0.15) is 37.5 Å². The van der Waals surface area contributed by atoms with Gasteiger partial charge in [0.1, 0.15) is 11.6 Å². The summed E-state index contributed by atoms with van der Waals surface area (Å²) in [5.41, 5.74) is 0.822. The van der Waals surface area contributed by atoms with Crippen molar-refractivity contribution in [3.8, 4) is 11.9 Å². The maximum atomic E-state index is 13.5. The summed E-state index contributed by atoms with van der Waals surface area (Å²) in [6.07, 6.45) is 3.13. The highest BCUT2D eigenvalue weighted by molar-refractivity contribution is 7.21. The molecule has 0 amide bonds. The summed E-state index contributed by atoms with van der Waals surface area (Å²) in [5.74, 6) is -1.03. The molecule has 0 fully saturated rings. The van der Waals surface area contributed by atoms with Crippen molar-refractivity contribution in [1.82, 2.24) is 9.55 Å². The van der Waals surface area contributed by atoms with E-state index in [0.717, 1.165) is 20.2 Å². The number of benzene rings is 1. The van der Waals surface area contributed by atoms with Crippen LogP contribution < -0.4 is 5.56 Å². The summed E-state index contributed by atoms with van der Waals surface area (Å²) < 4.78 is 1.86. The number of hydrogen-bond donors (Lipinski definition) is 1. The summed E-state index contributed by atoms with van der Waals surface area (Å²) in [4.78, 5) is 30.6. The third-order valence-electron chi connectivity index (χ3n) is 5.08. The average molecular weight is 450 g/mol. The third kappa shape index (κ3) is 3.50. The zero-order valence-corrected chi connectivity index (χ0v) is 18.2. The molecule has 0 unspecified atom stereocenters. The van der Waals surface area contributed by atoms with Crippen molar-refractivity contribution in [3.05, 3.63) is 90.8 Å². The lowest BCUT2D eigenvalue weighted by Gasteiger charge is -2.15. The average Bonchev–Trinajstić information content (AvgIpc) is 3.08. The molecule has 0 saturated heterocycles. The molecule has 0 aliphatic rings. The molecule has 3 heterocycles. The van der Waals surface area contributed by atoms with Gasteiger partial charge in [-0.25, -0.2) is 0 Å². The number of aryl methyl sites for hydroxylation is 1. The second-order valence-electron chi connectivity index (χ2n) is 7.14. The molecule has 4 rings (SSSR count). The molecule has 0 aliphatic heterocycles. The fraction of sp³-hybridized carbons (Fsp3) is 0.130. The monoisotopic (exact) mass is 449 g/mol.